The Balaban J connectivity index is 0.975. The van der Waals surface area contributed by atoms with E-state index in [-0.39, 0.29) is 11.5 Å². The minimum Gasteiger partial charge on any atom is -0.494 e. The number of carbonyl (C=O) groups is 2. The van der Waals surface area contributed by atoms with Gasteiger partial charge in [-0.2, -0.15) is 0 Å². The molecular formula is C60H75BrN2O6. The lowest BCUT2D eigenvalue weighted by atomic mass is 10.1. The van der Waals surface area contributed by atoms with Crippen LogP contribution in [0.1, 0.15) is 187 Å². The van der Waals surface area contributed by atoms with E-state index in [4.69, 9.17) is 18.9 Å². The number of halogens is 1. The average molecular weight is 1000 g/mol. The number of nitrogens with zero attached hydrogens (tertiary/aromatic N) is 2. The predicted octanol–water partition coefficient (Wildman–Crippen LogP) is 17.8. The fraction of sp³-hybridized carbons (Fsp3) is 0.433. The van der Waals surface area contributed by atoms with Crippen LogP contribution in [0, 0.1) is 0 Å². The number of hydrogen-bond acceptors (Lipinski definition) is 8. The molecule has 0 amide bonds. The maximum atomic E-state index is 13.1. The van der Waals surface area contributed by atoms with Gasteiger partial charge in [0.15, 0.2) is 0 Å². The van der Waals surface area contributed by atoms with Crippen molar-refractivity contribution in [2.75, 3.05) is 13.2 Å². The summed E-state index contributed by atoms with van der Waals surface area (Å²) in [5.74, 6) is 1.05. The van der Waals surface area contributed by atoms with E-state index in [1.165, 1.54) is 134 Å². The Morgan fingerprint density at radius 2 is 0.768 bits per heavy atom. The second kappa shape index (κ2) is 33.1. The molecule has 0 aromatic heterocycles. The first-order valence-electron chi connectivity index (χ1n) is 25.9. The molecule has 8 nitrogen and oxygen atoms in total. The maximum absolute atomic E-state index is 13.1. The van der Waals surface area contributed by atoms with Crippen LogP contribution in [0.3, 0.4) is 0 Å². The highest BCUT2D eigenvalue weighted by molar-refractivity contribution is 9.10. The third-order valence-electron chi connectivity index (χ3n) is 12.0. The number of rotatable bonds is 34. The number of benzene rings is 5. The molecule has 5 aromatic rings. The molecule has 0 N–H and O–H groups in total. The molecule has 9 heteroatoms. The number of carbonyl (C=O) groups excluding carboxylic acids is 2. The van der Waals surface area contributed by atoms with Gasteiger partial charge in [-0.05, 0) is 125 Å². The van der Waals surface area contributed by atoms with E-state index in [0.29, 0.717) is 15.6 Å². The third kappa shape index (κ3) is 22.2. The Hall–Kier alpha value is -5.54. The molecule has 0 atom stereocenters. The van der Waals surface area contributed by atoms with Gasteiger partial charge in [0.05, 0.1) is 40.2 Å². The van der Waals surface area contributed by atoms with Crippen molar-refractivity contribution in [3.63, 3.8) is 0 Å². The second-order valence-corrected chi connectivity index (χ2v) is 18.7. The van der Waals surface area contributed by atoms with Crippen LogP contribution in [-0.2, 0) is 0 Å². The van der Waals surface area contributed by atoms with Gasteiger partial charge in [0, 0.05) is 18.5 Å². The first-order chi connectivity index (χ1) is 33.9. The van der Waals surface area contributed by atoms with Crippen molar-refractivity contribution in [3.05, 3.63) is 142 Å². The highest BCUT2D eigenvalue weighted by atomic mass is 79.9. The van der Waals surface area contributed by atoms with Crippen molar-refractivity contribution in [2.45, 2.75) is 155 Å². The predicted molar refractivity (Wildman–Crippen MR) is 288 cm³/mol. The van der Waals surface area contributed by atoms with Crippen LogP contribution >= 0.6 is 15.9 Å². The van der Waals surface area contributed by atoms with Crippen LogP contribution in [0.4, 0.5) is 11.4 Å². The molecule has 0 radical (unpaired) electrons. The van der Waals surface area contributed by atoms with Crippen LogP contribution in [-0.4, -0.2) is 37.6 Å². The summed E-state index contributed by atoms with van der Waals surface area (Å²) in [6.45, 7) is 5.99. The van der Waals surface area contributed by atoms with Gasteiger partial charge in [-0.1, -0.05) is 167 Å². The Labute approximate surface area is 421 Å². The van der Waals surface area contributed by atoms with Crippen molar-refractivity contribution >= 4 is 51.7 Å². The highest BCUT2D eigenvalue weighted by Crippen LogP contribution is 2.31. The molecule has 0 aliphatic rings. The molecule has 0 fully saturated rings. The third-order valence-corrected chi connectivity index (χ3v) is 12.7. The van der Waals surface area contributed by atoms with Gasteiger partial charge >= 0.3 is 11.9 Å². The Kier molecular flexibility index (Phi) is 26.1. The van der Waals surface area contributed by atoms with Crippen molar-refractivity contribution in [3.8, 4) is 23.0 Å². The van der Waals surface area contributed by atoms with Crippen LogP contribution in [0.2, 0.25) is 0 Å². The quantitative estimate of drug-likeness (QED) is 0.0176. The van der Waals surface area contributed by atoms with E-state index in [1.807, 2.05) is 72.8 Å². The van der Waals surface area contributed by atoms with Crippen LogP contribution < -0.4 is 18.9 Å². The molecule has 0 aliphatic heterocycles. The van der Waals surface area contributed by atoms with E-state index in [2.05, 4.69) is 39.8 Å². The van der Waals surface area contributed by atoms with Crippen molar-refractivity contribution in [1.29, 1.82) is 0 Å². The zero-order valence-electron chi connectivity index (χ0n) is 41.3. The van der Waals surface area contributed by atoms with E-state index in [0.717, 1.165) is 60.1 Å². The maximum Gasteiger partial charge on any atom is 0.343 e. The van der Waals surface area contributed by atoms with E-state index < -0.39 is 11.9 Å². The van der Waals surface area contributed by atoms with Gasteiger partial charge in [-0.15, -0.1) is 0 Å². The molecule has 0 unspecified atom stereocenters. The molecule has 69 heavy (non-hydrogen) atoms. The van der Waals surface area contributed by atoms with Crippen LogP contribution in [0.5, 0.6) is 23.0 Å². The Morgan fingerprint density at radius 3 is 1.16 bits per heavy atom. The normalized spacial score (nSPS) is 11.3. The highest BCUT2D eigenvalue weighted by Gasteiger charge is 2.15. The van der Waals surface area contributed by atoms with Gasteiger partial charge in [0.25, 0.3) is 0 Å². The smallest absolute Gasteiger partial charge is 0.343 e. The van der Waals surface area contributed by atoms with Gasteiger partial charge in [-0.25, -0.2) is 9.59 Å². The molecule has 0 aliphatic carbocycles. The second-order valence-electron chi connectivity index (χ2n) is 17.9. The first-order valence-corrected chi connectivity index (χ1v) is 26.7. The van der Waals surface area contributed by atoms with Crippen molar-refractivity contribution in [2.24, 2.45) is 9.98 Å². The van der Waals surface area contributed by atoms with Gasteiger partial charge in [0.1, 0.15) is 23.0 Å². The molecule has 0 saturated carbocycles. The number of esters is 2. The van der Waals surface area contributed by atoms with Crippen LogP contribution in [0.15, 0.2) is 130 Å². The molecular weight excluding hydrogens is 925 g/mol. The monoisotopic (exact) mass is 998 g/mol. The number of hydrogen-bond donors (Lipinski definition) is 0. The molecule has 5 aromatic carbocycles. The molecule has 368 valence electrons. The Morgan fingerprint density at radius 1 is 0.420 bits per heavy atom. The molecule has 0 bridgehead atoms. The first kappa shape index (κ1) is 54.4. The fourth-order valence-corrected chi connectivity index (χ4v) is 8.16. The van der Waals surface area contributed by atoms with Gasteiger partial charge < -0.3 is 18.9 Å². The minimum atomic E-state index is -0.553. The van der Waals surface area contributed by atoms with E-state index in [1.54, 1.807) is 48.8 Å². The minimum absolute atomic E-state index is 0.220. The number of ether oxygens (including phenoxy) is 4. The lowest BCUT2D eigenvalue weighted by molar-refractivity contribution is 0.0732. The Bertz CT molecular complexity index is 2260. The summed E-state index contributed by atoms with van der Waals surface area (Å²) < 4.78 is 23.8. The standard InChI is InChI=1S/C60H75BrN2O6/c1-3-5-7-9-11-13-15-17-19-21-23-43-66-54-37-33-52(34-38-54)62-46-48-25-29-50(30-26-48)59(64)68-56-41-42-57(61)58(45-56)69-60(65)51-31-27-49(28-32-51)47-63-53-35-39-55(40-36-53)67-44-24-22-20-18-16-14-12-10-8-6-4-2/h25-42,45-47H,3-24,43-44H2,1-2H3. The average Bonchev–Trinajstić information content (AvgIpc) is 3.37. The van der Waals surface area contributed by atoms with Crippen molar-refractivity contribution in [1.82, 2.24) is 0 Å². The summed E-state index contributed by atoms with van der Waals surface area (Å²) in [6.07, 6.45) is 32.4. The molecule has 0 saturated heterocycles. The van der Waals surface area contributed by atoms with Crippen LogP contribution in [0.25, 0.3) is 0 Å². The summed E-state index contributed by atoms with van der Waals surface area (Å²) in [4.78, 5) is 35.4. The van der Waals surface area contributed by atoms with Gasteiger partial charge in [-0.3, -0.25) is 9.98 Å². The lowest BCUT2D eigenvalue weighted by Crippen LogP contribution is -2.10. The zero-order chi connectivity index (χ0) is 48.6. The zero-order valence-corrected chi connectivity index (χ0v) is 42.9. The summed E-state index contributed by atoms with van der Waals surface area (Å²) in [7, 11) is 0. The number of unbranched alkanes of at least 4 members (excludes halogenated alkanes) is 20. The van der Waals surface area contributed by atoms with E-state index in [9.17, 15) is 9.59 Å². The van der Waals surface area contributed by atoms with Crippen molar-refractivity contribution < 1.29 is 28.5 Å². The SMILES string of the molecule is CCCCCCCCCCCCCOc1ccc(N=Cc2ccc(C(=O)Oc3ccc(Br)c(OC(=O)c4ccc(C=Nc5ccc(OCCCCCCCCCCCCC)cc5)cc4)c3)cc2)cc1. The molecule has 0 heterocycles. The number of aliphatic imine (C=N–C) groups is 2. The summed E-state index contributed by atoms with van der Waals surface area (Å²) in [5.41, 5.74) is 4.01. The van der Waals surface area contributed by atoms with E-state index >= 15 is 0 Å². The molecule has 0 spiro atoms. The topological polar surface area (TPSA) is 95.8 Å². The fourth-order valence-electron chi connectivity index (χ4n) is 7.83. The lowest BCUT2D eigenvalue weighted by Gasteiger charge is -2.10. The summed E-state index contributed by atoms with van der Waals surface area (Å²) in [6, 6.07) is 34.3. The largest absolute Gasteiger partial charge is 0.494 e. The summed E-state index contributed by atoms with van der Waals surface area (Å²) in [5, 5.41) is 0. The summed E-state index contributed by atoms with van der Waals surface area (Å²) >= 11 is 3.45. The van der Waals surface area contributed by atoms with Gasteiger partial charge in [0.2, 0.25) is 0 Å². The molecule has 5 rings (SSSR count).